The van der Waals surface area contributed by atoms with E-state index in [1.165, 1.54) is 11.3 Å². The first-order chi connectivity index (χ1) is 9.52. The molecule has 2 heterocycles. The molecule has 0 aliphatic heterocycles. The highest BCUT2D eigenvalue weighted by Crippen LogP contribution is 2.29. The number of aromatic nitrogens is 2. The summed E-state index contributed by atoms with van der Waals surface area (Å²) in [6.45, 7) is 8.12. The molecule has 0 fully saturated rings. The molecule has 108 valence electrons. The molecular formula is C14H18N2O3S. The van der Waals surface area contributed by atoms with E-state index in [4.69, 9.17) is 9.15 Å². The predicted octanol–water partition coefficient (Wildman–Crippen LogP) is 3.48. The number of hydrogen-bond acceptors (Lipinski definition) is 6. The van der Waals surface area contributed by atoms with Crippen molar-refractivity contribution in [2.45, 2.75) is 34.1 Å². The van der Waals surface area contributed by atoms with Gasteiger partial charge in [0.05, 0.1) is 23.5 Å². The molecule has 2 aromatic rings. The minimum atomic E-state index is -0.455. The van der Waals surface area contributed by atoms with E-state index in [9.17, 15) is 4.79 Å². The van der Waals surface area contributed by atoms with Gasteiger partial charge in [-0.3, -0.25) is 0 Å². The van der Waals surface area contributed by atoms with Crippen LogP contribution in [-0.4, -0.2) is 22.5 Å². The minimum absolute atomic E-state index is 0.211. The number of hydrogen-bond donors (Lipinski definition) is 0. The second-order valence-corrected chi connectivity index (χ2v) is 5.73. The summed E-state index contributed by atoms with van der Waals surface area (Å²) in [7, 11) is 0. The highest BCUT2D eigenvalue weighted by Gasteiger charge is 2.24. The molecule has 0 aromatic carbocycles. The smallest absolute Gasteiger partial charge is 0.376 e. The molecule has 0 N–H and O–H groups in total. The van der Waals surface area contributed by atoms with Crippen LogP contribution in [0.25, 0.3) is 10.8 Å². The van der Waals surface area contributed by atoms with Crippen molar-refractivity contribution < 1.29 is 13.9 Å². The Hall–Kier alpha value is -1.69. The van der Waals surface area contributed by atoms with E-state index in [0.29, 0.717) is 30.5 Å². The number of oxazole rings is 1. The molecule has 0 radical (unpaired) electrons. The van der Waals surface area contributed by atoms with Gasteiger partial charge in [0.1, 0.15) is 4.88 Å². The Kier molecular flexibility index (Phi) is 4.54. The van der Waals surface area contributed by atoms with Crippen LogP contribution in [0.5, 0.6) is 0 Å². The lowest BCUT2D eigenvalue weighted by Crippen LogP contribution is -2.08. The van der Waals surface area contributed by atoms with Gasteiger partial charge in [0.2, 0.25) is 11.7 Å². The first-order valence-corrected chi connectivity index (χ1v) is 7.48. The van der Waals surface area contributed by atoms with Crippen molar-refractivity contribution >= 4 is 17.3 Å². The van der Waals surface area contributed by atoms with Crippen molar-refractivity contribution in [1.29, 1.82) is 0 Å². The summed E-state index contributed by atoms with van der Waals surface area (Å²) in [6, 6.07) is 0. The number of esters is 1. The maximum Gasteiger partial charge on any atom is 0.376 e. The van der Waals surface area contributed by atoms with E-state index < -0.39 is 5.97 Å². The van der Waals surface area contributed by atoms with Crippen molar-refractivity contribution in [3.8, 4) is 10.8 Å². The van der Waals surface area contributed by atoms with Gasteiger partial charge in [0.25, 0.3) is 0 Å². The molecule has 0 aliphatic carbocycles. The van der Waals surface area contributed by atoms with E-state index in [-0.39, 0.29) is 5.76 Å². The molecule has 2 rings (SSSR count). The average molecular weight is 294 g/mol. The highest BCUT2D eigenvalue weighted by molar-refractivity contribution is 7.13. The maximum absolute atomic E-state index is 11.9. The van der Waals surface area contributed by atoms with E-state index >= 15 is 0 Å². The molecule has 20 heavy (non-hydrogen) atoms. The van der Waals surface area contributed by atoms with Crippen LogP contribution in [0.3, 0.4) is 0 Å². The monoisotopic (exact) mass is 294 g/mol. The van der Waals surface area contributed by atoms with E-state index in [2.05, 4.69) is 23.8 Å². The van der Waals surface area contributed by atoms with Gasteiger partial charge in [-0.15, -0.1) is 11.3 Å². The third kappa shape index (κ3) is 3.07. The maximum atomic E-state index is 11.9. The lowest BCUT2D eigenvalue weighted by molar-refractivity contribution is 0.0489. The molecular weight excluding hydrogens is 276 g/mol. The van der Waals surface area contributed by atoms with E-state index in [0.717, 1.165) is 10.6 Å². The predicted molar refractivity (Wildman–Crippen MR) is 76.8 cm³/mol. The second-order valence-electron chi connectivity index (χ2n) is 4.88. The van der Waals surface area contributed by atoms with Crippen LogP contribution < -0.4 is 0 Å². The quantitative estimate of drug-likeness (QED) is 0.790. The lowest BCUT2D eigenvalue weighted by Gasteiger charge is -2.02. The molecule has 0 unspecified atom stereocenters. The number of ether oxygens (including phenoxy) is 1. The minimum Gasteiger partial charge on any atom is -0.460 e. The van der Waals surface area contributed by atoms with Crippen LogP contribution >= 0.6 is 11.3 Å². The molecule has 0 amide bonds. The van der Waals surface area contributed by atoms with Crippen molar-refractivity contribution in [2.24, 2.45) is 5.92 Å². The van der Waals surface area contributed by atoms with E-state index in [1.54, 1.807) is 12.4 Å². The summed E-state index contributed by atoms with van der Waals surface area (Å²) in [6.07, 6.45) is 0.676. The van der Waals surface area contributed by atoms with Gasteiger partial charge in [-0.05, 0) is 26.2 Å². The number of aryl methyl sites for hydroxylation is 1. The Labute approximate surface area is 122 Å². The van der Waals surface area contributed by atoms with Gasteiger partial charge in [-0.2, -0.15) is 0 Å². The molecule has 5 nitrogen and oxygen atoms in total. The Morgan fingerprint density at radius 3 is 2.80 bits per heavy atom. The average Bonchev–Trinajstić information content (AvgIpc) is 2.95. The first-order valence-electron chi connectivity index (χ1n) is 6.60. The zero-order valence-electron chi connectivity index (χ0n) is 12.1. The van der Waals surface area contributed by atoms with Gasteiger partial charge >= 0.3 is 5.97 Å². The Morgan fingerprint density at radius 1 is 1.50 bits per heavy atom. The first kappa shape index (κ1) is 14.7. The van der Waals surface area contributed by atoms with Gasteiger partial charge < -0.3 is 9.15 Å². The van der Waals surface area contributed by atoms with Crippen molar-refractivity contribution in [2.75, 3.05) is 6.61 Å². The molecule has 0 bridgehead atoms. The summed E-state index contributed by atoms with van der Waals surface area (Å²) in [5, 5.41) is 0. The third-order valence-electron chi connectivity index (χ3n) is 2.70. The number of carbonyl (C=O) groups is 1. The molecule has 0 saturated heterocycles. The summed E-state index contributed by atoms with van der Waals surface area (Å²) >= 11 is 1.45. The second kappa shape index (κ2) is 6.17. The fraction of sp³-hybridized carbons (Fsp3) is 0.500. The van der Waals surface area contributed by atoms with Crippen molar-refractivity contribution in [1.82, 2.24) is 9.97 Å². The molecule has 6 heteroatoms. The van der Waals surface area contributed by atoms with Crippen molar-refractivity contribution in [3.05, 3.63) is 22.7 Å². The number of thiazole rings is 1. The fourth-order valence-electron chi connectivity index (χ4n) is 1.84. The van der Waals surface area contributed by atoms with Crippen LogP contribution in [0.2, 0.25) is 0 Å². The number of carbonyl (C=O) groups excluding carboxylic acids is 1. The number of rotatable bonds is 5. The largest absolute Gasteiger partial charge is 0.460 e. The van der Waals surface area contributed by atoms with Crippen LogP contribution in [0.4, 0.5) is 0 Å². The van der Waals surface area contributed by atoms with Crippen LogP contribution in [0.15, 0.2) is 9.93 Å². The van der Waals surface area contributed by atoms with Crippen molar-refractivity contribution in [3.63, 3.8) is 0 Å². The Bertz CT molecular complexity index is 601. The number of nitrogens with zero attached hydrogens (tertiary/aromatic N) is 2. The molecule has 0 saturated carbocycles. The van der Waals surface area contributed by atoms with E-state index in [1.807, 2.05) is 6.92 Å². The van der Waals surface area contributed by atoms with Crippen LogP contribution in [-0.2, 0) is 11.2 Å². The SMILES string of the molecule is CCOC(=O)c1oc(-c2scnc2C)nc1CC(C)C. The Morgan fingerprint density at radius 2 is 2.25 bits per heavy atom. The normalized spacial score (nSPS) is 11.1. The summed E-state index contributed by atoms with van der Waals surface area (Å²) in [5.74, 6) is 0.583. The molecule has 0 atom stereocenters. The fourth-order valence-corrected chi connectivity index (χ4v) is 2.56. The lowest BCUT2D eigenvalue weighted by atomic mass is 10.1. The molecule has 0 aliphatic rings. The van der Waals surface area contributed by atoms with Gasteiger partial charge in [-0.1, -0.05) is 13.8 Å². The van der Waals surface area contributed by atoms with Gasteiger partial charge in [-0.25, -0.2) is 14.8 Å². The standard InChI is InChI=1S/C14H18N2O3S/c1-5-18-14(17)11-10(6-8(2)3)16-13(19-11)12-9(4)15-7-20-12/h7-8H,5-6H2,1-4H3. The van der Waals surface area contributed by atoms with Crippen LogP contribution in [0.1, 0.15) is 42.7 Å². The summed E-state index contributed by atoms with van der Waals surface area (Å²) < 4.78 is 10.7. The zero-order valence-corrected chi connectivity index (χ0v) is 12.9. The Balaban J connectivity index is 2.41. The van der Waals surface area contributed by atoms with Gasteiger partial charge in [0, 0.05) is 0 Å². The highest BCUT2D eigenvalue weighted by atomic mass is 32.1. The summed E-state index contributed by atoms with van der Waals surface area (Å²) in [4.78, 5) is 21.4. The van der Waals surface area contributed by atoms with Crippen LogP contribution in [0, 0.1) is 12.8 Å². The third-order valence-corrected chi connectivity index (χ3v) is 3.62. The molecule has 0 spiro atoms. The molecule has 2 aromatic heterocycles. The van der Waals surface area contributed by atoms with Gasteiger partial charge in [0.15, 0.2) is 0 Å². The zero-order chi connectivity index (χ0) is 14.7. The summed E-state index contributed by atoms with van der Waals surface area (Å²) in [5.41, 5.74) is 3.24. The topological polar surface area (TPSA) is 65.2 Å².